The zero-order valence-electron chi connectivity index (χ0n) is 9.47. The van der Waals surface area contributed by atoms with E-state index in [1.807, 2.05) is 11.3 Å². The molecule has 14 heavy (non-hydrogen) atoms. The van der Waals surface area contributed by atoms with Gasteiger partial charge in [0.25, 0.3) is 0 Å². The number of aryl methyl sites for hydroxylation is 1. The molecule has 0 aliphatic rings. The predicted octanol–water partition coefficient (Wildman–Crippen LogP) is 3.90. The summed E-state index contributed by atoms with van der Waals surface area (Å²) in [5.41, 5.74) is 0. The molecule has 1 unspecified atom stereocenters. The van der Waals surface area contributed by atoms with E-state index in [9.17, 15) is 0 Å². The van der Waals surface area contributed by atoms with Gasteiger partial charge in [0.15, 0.2) is 0 Å². The number of thiophene rings is 1. The molecule has 0 saturated carbocycles. The van der Waals surface area contributed by atoms with Crippen LogP contribution in [0.5, 0.6) is 0 Å². The molecule has 1 rings (SSSR count). The average molecular weight is 211 g/mol. The average Bonchev–Trinajstić information content (AvgIpc) is 2.59. The summed E-state index contributed by atoms with van der Waals surface area (Å²) in [6.45, 7) is 7.67. The van der Waals surface area contributed by atoms with Crippen LogP contribution in [0, 0.1) is 6.92 Å². The molecule has 2 heteroatoms. The summed E-state index contributed by atoms with van der Waals surface area (Å²) in [6, 6.07) is 5.07. The van der Waals surface area contributed by atoms with Crippen molar-refractivity contribution in [3.8, 4) is 0 Å². The van der Waals surface area contributed by atoms with Gasteiger partial charge in [-0.1, -0.05) is 26.7 Å². The lowest BCUT2D eigenvalue weighted by molar-refractivity contribution is 0.501. The van der Waals surface area contributed by atoms with E-state index in [1.54, 1.807) is 0 Å². The molecule has 0 radical (unpaired) electrons. The molecule has 1 atom stereocenters. The molecule has 1 heterocycles. The van der Waals surface area contributed by atoms with Crippen LogP contribution in [0.25, 0.3) is 0 Å². The Morgan fingerprint density at radius 3 is 2.64 bits per heavy atom. The van der Waals surface area contributed by atoms with Gasteiger partial charge in [-0.05, 0) is 32.0 Å². The molecule has 0 aliphatic heterocycles. The first-order valence-corrected chi connectivity index (χ1v) is 6.39. The highest BCUT2D eigenvalue weighted by Crippen LogP contribution is 2.26. The largest absolute Gasteiger partial charge is 0.310 e. The van der Waals surface area contributed by atoms with Gasteiger partial charge in [0.1, 0.15) is 0 Å². The lowest BCUT2D eigenvalue weighted by Crippen LogP contribution is -2.19. The zero-order valence-corrected chi connectivity index (χ0v) is 10.3. The Morgan fingerprint density at radius 1 is 1.36 bits per heavy atom. The van der Waals surface area contributed by atoms with Crippen LogP contribution in [0.4, 0.5) is 0 Å². The Morgan fingerprint density at radius 2 is 2.14 bits per heavy atom. The Hall–Kier alpha value is -0.340. The maximum absolute atomic E-state index is 3.56. The topological polar surface area (TPSA) is 12.0 Å². The third-order valence-electron chi connectivity index (χ3n) is 2.40. The Balaban J connectivity index is 2.57. The van der Waals surface area contributed by atoms with Crippen LogP contribution in [-0.4, -0.2) is 6.54 Å². The van der Waals surface area contributed by atoms with Gasteiger partial charge in [-0.15, -0.1) is 11.3 Å². The van der Waals surface area contributed by atoms with Crippen LogP contribution in [0.1, 0.15) is 48.9 Å². The van der Waals surface area contributed by atoms with Gasteiger partial charge in [0.2, 0.25) is 0 Å². The van der Waals surface area contributed by atoms with Crippen LogP contribution in [0.15, 0.2) is 12.1 Å². The van der Waals surface area contributed by atoms with Crippen molar-refractivity contribution in [1.29, 1.82) is 0 Å². The Labute approximate surface area is 91.5 Å². The van der Waals surface area contributed by atoms with E-state index < -0.39 is 0 Å². The van der Waals surface area contributed by atoms with Crippen molar-refractivity contribution in [2.75, 3.05) is 6.54 Å². The molecular weight excluding hydrogens is 190 g/mol. The van der Waals surface area contributed by atoms with Crippen LogP contribution in [-0.2, 0) is 0 Å². The molecule has 1 aromatic heterocycles. The normalized spacial score (nSPS) is 13.1. The molecule has 0 amide bonds. The van der Waals surface area contributed by atoms with E-state index in [4.69, 9.17) is 0 Å². The molecule has 0 bridgehead atoms. The summed E-state index contributed by atoms with van der Waals surface area (Å²) in [5, 5.41) is 3.56. The van der Waals surface area contributed by atoms with Crippen LogP contribution >= 0.6 is 11.3 Å². The molecule has 0 aliphatic carbocycles. The SMILES string of the molecule is CCCCC(NCC)c1ccc(C)s1. The summed E-state index contributed by atoms with van der Waals surface area (Å²) in [7, 11) is 0. The lowest BCUT2D eigenvalue weighted by atomic mass is 10.1. The second-order valence-corrected chi connectivity index (χ2v) is 5.02. The summed E-state index contributed by atoms with van der Waals surface area (Å²) in [5.74, 6) is 0. The highest BCUT2D eigenvalue weighted by atomic mass is 32.1. The molecule has 1 N–H and O–H groups in total. The summed E-state index contributed by atoms with van der Waals surface area (Å²) < 4.78 is 0. The van der Waals surface area contributed by atoms with Gasteiger partial charge in [0.05, 0.1) is 0 Å². The molecule has 0 aromatic carbocycles. The number of hydrogen-bond donors (Lipinski definition) is 1. The van der Waals surface area contributed by atoms with Crippen molar-refractivity contribution in [3.63, 3.8) is 0 Å². The maximum Gasteiger partial charge on any atom is 0.0414 e. The van der Waals surface area contributed by atoms with E-state index in [0.717, 1.165) is 6.54 Å². The Kier molecular flexibility index (Phi) is 5.20. The van der Waals surface area contributed by atoms with Crippen LogP contribution in [0.3, 0.4) is 0 Å². The van der Waals surface area contributed by atoms with Gasteiger partial charge in [-0.25, -0.2) is 0 Å². The van der Waals surface area contributed by atoms with E-state index >= 15 is 0 Å². The van der Waals surface area contributed by atoms with Gasteiger partial charge in [-0.2, -0.15) is 0 Å². The summed E-state index contributed by atoms with van der Waals surface area (Å²) >= 11 is 1.92. The van der Waals surface area contributed by atoms with Crippen LogP contribution in [0.2, 0.25) is 0 Å². The quantitative estimate of drug-likeness (QED) is 0.752. The molecule has 0 spiro atoms. The standard InChI is InChI=1S/C12H21NS/c1-4-6-7-11(13-5-2)12-9-8-10(3)14-12/h8-9,11,13H,4-7H2,1-3H3. The fraction of sp³-hybridized carbons (Fsp3) is 0.667. The molecule has 0 fully saturated rings. The van der Waals surface area contributed by atoms with Crippen molar-refractivity contribution < 1.29 is 0 Å². The molecule has 0 saturated heterocycles. The predicted molar refractivity (Wildman–Crippen MR) is 65.0 cm³/mol. The lowest BCUT2D eigenvalue weighted by Gasteiger charge is -2.15. The minimum Gasteiger partial charge on any atom is -0.310 e. The molecule has 1 aromatic rings. The Bertz CT molecular complexity index is 255. The van der Waals surface area contributed by atoms with E-state index in [0.29, 0.717) is 6.04 Å². The minimum atomic E-state index is 0.582. The molecule has 80 valence electrons. The maximum atomic E-state index is 3.56. The first-order chi connectivity index (χ1) is 6.77. The van der Waals surface area contributed by atoms with E-state index in [1.165, 1.54) is 29.0 Å². The number of hydrogen-bond acceptors (Lipinski definition) is 2. The highest BCUT2D eigenvalue weighted by Gasteiger charge is 2.10. The zero-order chi connectivity index (χ0) is 10.4. The highest BCUT2D eigenvalue weighted by molar-refractivity contribution is 7.12. The second-order valence-electron chi connectivity index (χ2n) is 3.70. The monoisotopic (exact) mass is 211 g/mol. The van der Waals surface area contributed by atoms with Crippen LogP contribution < -0.4 is 5.32 Å². The fourth-order valence-corrected chi connectivity index (χ4v) is 2.63. The third-order valence-corrected chi connectivity index (χ3v) is 3.52. The first-order valence-electron chi connectivity index (χ1n) is 5.57. The summed E-state index contributed by atoms with van der Waals surface area (Å²) in [6.07, 6.45) is 3.87. The number of nitrogens with one attached hydrogen (secondary N) is 1. The minimum absolute atomic E-state index is 0.582. The first kappa shape index (κ1) is 11.7. The van der Waals surface area contributed by atoms with E-state index in [-0.39, 0.29) is 0 Å². The fourth-order valence-electron chi connectivity index (χ4n) is 1.64. The van der Waals surface area contributed by atoms with Gasteiger partial charge in [-0.3, -0.25) is 0 Å². The van der Waals surface area contributed by atoms with Crippen molar-refractivity contribution in [2.45, 2.75) is 46.1 Å². The van der Waals surface area contributed by atoms with Gasteiger partial charge < -0.3 is 5.32 Å². The van der Waals surface area contributed by atoms with Gasteiger partial charge in [0, 0.05) is 15.8 Å². The summed E-state index contributed by atoms with van der Waals surface area (Å²) in [4.78, 5) is 2.91. The number of unbranched alkanes of at least 4 members (excludes halogenated alkanes) is 1. The smallest absolute Gasteiger partial charge is 0.0414 e. The van der Waals surface area contributed by atoms with Crippen molar-refractivity contribution in [1.82, 2.24) is 5.32 Å². The second kappa shape index (κ2) is 6.20. The molecule has 1 nitrogen and oxygen atoms in total. The van der Waals surface area contributed by atoms with Crippen molar-refractivity contribution in [3.05, 3.63) is 21.9 Å². The van der Waals surface area contributed by atoms with Crippen molar-refractivity contribution in [2.24, 2.45) is 0 Å². The van der Waals surface area contributed by atoms with Gasteiger partial charge >= 0.3 is 0 Å². The molecular formula is C12H21NS. The third kappa shape index (κ3) is 3.43. The van der Waals surface area contributed by atoms with Crippen molar-refractivity contribution >= 4 is 11.3 Å². The van der Waals surface area contributed by atoms with E-state index in [2.05, 4.69) is 38.2 Å². The number of rotatable bonds is 6.